The van der Waals surface area contributed by atoms with Crippen LogP contribution in [0.2, 0.25) is 0 Å². The van der Waals surface area contributed by atoms with Crippen molar-refractivity contribution in [2.75, 3.05) is 6.54 Å². The summed E-state index contributed by atoms with van der Waals surface area (Å²) in [6, 6.07) is 13.2. The lowest BCUT2D eigenvalue weighted by molar-refractivity contribution is -0.131. The van der Waals surface area contributed by atoms with Crippen molar-refractivity contribution in [3.63, 3.8) is 0 Å². The van der Waals surface area contributed by atoms with Crippen LogP contribution in [0.4, 0.5) is 0 Å². The van der Waals surface area contributed by atoms with Crippen molar-refractivity contribution in [3.8, 4) is 0 Å². The minimum Gasteiger partial charge on any atom is -0.346 e. The van der Waals surface area contributed by atoms with Gasteiger partial charge in [-0.25, -0.2) is 4.98 Å². The smallest absolute Gasteiger partial charge is 0.227 e. The number of H-pyrrole nitrogens is 1. The van der Waals surface area contributed by atoms with E-state index in [1.54, 1.807) is 6.20 Å². The Bertz CT molecular complexity index is 933. The fraction of sp³-hybridized carbons (Fsp3) is 0.286. The van der Waals surface area contributed by atoms with Gasteiger partial charge in [-0.1, -0.05) is 30.3 Å². The number of ketones is 1. The van der Waals surface area contributed by atoms with E-state index in [1.807, 2.05) is 53.6 Å². The first-order valence-corrected chi connectivity index (χ1v) is 9.01. The van der Waals surface area contributed by atoms with Crippen molar-refractivity contribution in [3.05, 3.63) is 66.0 Å². The quantitative estimate of drug-likeness (QED) is 0.720. The van der Waals surface area contributed by atoms with Crippen LogP contribution in [0.3, 0.4) is 0 Å². The third kappa shape index (κ3) is 3.25. The topological polar surface area (TPSA) is 66.1 Å². The maximum atomic E-state index is 12.9. The number of Topliss-reactive ketones (excluding diaryl/α,β-unsaturated/α-hetero) is 1. The first-order chi connectivity index (χ1) is 12.7. The predicted molar refractivity (Wildman–Crippen MR) is 99.9 cm³/mol. The van der Waals surface area contributed by atoms with E-state index in [1.165, 1.54) is 0 Å². The standard InChI is InChI=1S/C21H21N3O2/c25-19(15-6-2-1-3-7-15)13-17-8-5-11-24(17)20(26)12-16-14-23-21-18(16)9-4-10-22-21/h1-4,6-7,9-10,14,17H,5,8,11-13H2,(H,22,23)/t17-/m1/s1. The Morgan fingerprint density at radius 1 is 1.15 bits per heavy atom. The van der Waals surface area contributed by atoms with E-state index < -0.39 is 0 Å². The number of amides is 1. The number of hydrogen-bond acceptors (Lipinski definition) is 3. The van der Waals surface area contributed by atoms with Gasteiger partial charge >= 0.3 is 0 Å². The van der Waals surface area contributed by atoms with Crippen LogP contribution in [0.15, 0.2) is 54.9 Å². The van der Waals surface area contributed by atoms with Crippen molar-refractivity contribution in [2.24, 2.45) is 0 Å². The van der Waals surface area contributed by atoms with Crippen molar-refractivity contribution < 1.29 is 9.59 Å². The second-order valence-corrected chi connectivity index (χ2v) is 6.77. The summed E-state index contributed by atoms with van der Waals surface area (Å²) in [6.45, 7) is 0.728. The van der Waals surface area contributed by atoms with E-state index in [0.717, 1.165) is 41.5 Å². The summed E-state index contributed by atoms with van der Waals surface area (Å²) in [5, 5.41) is 0.983. The molecule has 1 saturated heterocycles. The van der Waals surface area contributed by atoms with Crippen LogP contribution in [-0.4, -0.2) is 39.1 Å². The highest BCUT2D eigenvalue weighted by atomic mass is 16.2. The summed E-state index contributed by atoms with van der Waals surface area (Å²) in [4.78, 5) is 34.6. The Morgan fingerprint density at radius 3 is 2.85 bits per heavy atom. The molecule has 1 aromatic carbocycles. The normalized spacial score (nSPS) is 16.9. The van der Waals surface area contributed by atoms with Gasteiger partial charge in [0.2, 0.25) is 5.91 Å². The summed E-state index contributed by atoms with van der Waals surface area (Å²) < 4.78 is 0. The number of hydrogen-bond donors (Lipinski definition) is 1. The lowest BCUT2D eigenvalue weighted by atomic mass is 10.0. The molecule has 0 saturated carbocycles. The SMILES string of the molecule is O=C(C[C@H]1CCCN1C(=O)Cc1c[nH]c2ncccc12)c1ccccc1. The zero-order valence-corrected chi connectivity index (χ0v) is 14.5. The van der Waals surface area contributed by atoms with E-state index in [9.17, 15) is 9.59 Å². The number of carbonyl (C=O) groups excluding carboxylic acids is 2. The number of nitrogens with zero attached hydrogens (tertiary/aromatic N) is 2. The number of aromatic amines is 1. The molecular weight excluding hydrogens is 326 g/mol. The molecule has 5 nitrogen and oxygen atoms in total. The summed E-state index contributed by atoms with van der Waals surface area (Å²) in [6.07, 6.45) is 6.16. The van der Waals surface area contributed by atoms with E-state index in [2.05, 4.69) is 9.97 Å². The fourth-order valence-corrected chi connectivity index (χ4v) is 3.76. The van der Waals surface area contributed by atoms with Crippen LogP contribution < -0.4 is 0 Å². The highest BCUT2D eigenvalue weighted by Crippen LogP contribution is 2.24. The average Bonchev–Trinajstić information content (AvgIpc) is 3.30. The van der Waals surface area contributed by atoms with Crippen LogP contribution in [0.25, 0.3) is 11.0 Å². The number of rotatable bonds is 5. The highest BCUT2D eigenvalue weighted by Gasteiger charge is 2.30. The summed E-state index contributed by atoms with van der Waals surface area (Å²) >= 11 is 0. The van der Waals surface area contributed by atoms with E-state index >= 15 is 0 Å². The van der Waals surface area contributed by atoms with Crippen LogP contribution in [-0.2, 0) is 11.2 Å². The number of fused-ring (bicyclic) bond motifs is 1. The molecule has 2 aromatic heterocycles. The molecule has 3 heterocycles. The number of pyridine rings is 1. The highest BCUT2D eigenvalue weighted by molar-refractivity contribution is 5.97. The van der Waals surface area contributed by atoms with E-state index in [4.69, 9.17) is 0 Å². The van der Waals surface area contributed by atoms with Gasteiger partial charge in [-0.15, -0.1) is 0 Å². The van der Waals surface area contributed by atoms with Gasteiger partial charge < -0.3 is 9.88 Å². The second-order valence-electron chi connectivity index (χ2n) is 6.77. The zero-order chi connectivity index (χ0) is 17.9. The molecule has 0 radical (unpaired) electrons. The van der Waals surface area contributed by atoms with Gasteiger partial charge in [0.1, 0.15) is 5.65 Å². The number of benzene rings is 1. The van der Waals surface area contributed by atoms with E-state index in [-0.39, 0.29) is 17.7 Å². The molecule has 0 unspecified atom stereocenters. The fourth-order valence-electron chi connectivity index (χ4n) is 3.76. The zero-order valence-electron chi connectivity index (χ0n) is 14.5. The van der Waals surface area contributed by atoms with Crippen LogP contribution in [0.1, 0.15) is 35.2 Å². The van der Waals surface area contributed by atoms with Crippen LogP contribution in [0.5, 0.6) is 0 Å². The van der Waals surface area contributed by atoms with Crippen molar-refractivity contribution in [1.82, 2.24) is 14.9 Å². The van der Waals surface area contributed by atoms with Gasteiger partial charge in [0.15, 0.2) is 5.78 Å². The molecule has 1 amide bonds. The molecule has 132 valence electrons. The van der Waals surface area contributed by atoms with Gasteiger partial charge in [0.05, 0.1) is 6.42 Å². The lowest BCUT2D eigenvalue weighted by Gasteiger charge is -2.24. The Balaban J connectivity index is 1.46. The number of likely N-dealkylation sites (tertiary alicyclic amines) is 1. The van der Waals surface area contributed by atoms with Crippen LogP contribution in [0, 0.1) is 0 Å². The molecule has 26 heavy (non-hydrogen) atoms. The Morgan fingerprint density at radius 2 is 2.00 bits per heavy atom. The second kappa shape index (κ2) is 7.12. The molecule has 0 bridgehead atoms. The molecule has 5 heteroatoms. The van der Waals surface area contributed by atoms with E-state index in [0.29, 0.717) is 12.8 Å². The minimum absolute atomic E-state index is 0.00135. The molecular formula is C21H21N3O2. The molecule has 1 fully saturated rings. The largest absolute Gasteiger partial charge is 0.346 e. The molecule has 4 rings (SSSR count). The van der Waals surface area contributed by atoms with Crippen molar-refractivity contribution in [1.29, 1.82) is 0 Å². The maximum Gasteiger partial charge on any atom is 0.227 e. The van der Waals surface area contributed by atoms with Gasteiger partial charge in [-0.2, -0.15) is 0 Å². The maximum absolute atomic E-state index is 12.9. The van der Waals surface area contributed by atoms with Gasteiger partial charge in [0, 0.05) is 42.4 Å². The van der Waals surface area contributed by atoms with Gasteiger partial charge in [-0.3, -0.25) is 9.59 Å². The van der Waals surface area contributed by atoms with Crippen molar-refractivity contribution >= 4 is 22.7 Å². The molecule has 1 atom stereocenters. The summed E-state index contributed by atoms with van der Waals surface area (Å²) in [5.41, 5.74) is 2.47. The van der Waals surface area contributed by atoms with Gasteiger partial charge in [-0.05, 0) is 30.5 Å². The molecule has 1 N–H and O–H groups in total. The van der Waals surface area contributed by atoms with Crippen molar-refractivity contribution in [2.45, 2.75) is 31.7 Å². The number of carbonyl (C=O) groups is 2. The van der Waals surface area contributed by atoms with Crippen LogP contribution >= 0.6 is 0 Å². The molecule has 3 aromatic rings. The lowest BCUT2D eigenvalue weighted by Crippen LogP contribution is -2.37. The molecule has 0 spiro atoms. The first-order valence-electron chi connectivity index (χ1n) is 9.01. The van der Waals surface area contributed by atoms with Gasteiger partial charge in [0.25, 0.3) is 0 Å². The third-order valence-electron chi connectivity index (χ3n) is 5.09. The monoisotopic (exact) mass is 347 g/mol. The minimum atomic E-state index is -0.00135. The number of nitrogens with one attached hydrogen (secondary N) is 1. The molecule has 1 aliphatic rings. The summed E-state index contributed by atoms with van der Waals surface area (Å²) in [5.74, 6) is 0.185. The molecule has 0 aliphatic carbocycles. The summed E-state index contributed by atoms with van der Waals surface area (Å²) in [7, 11) is 0. The predicted octanol–water partition coefficient (Wildman–Crippen LogP) is 3.37. The first kappa shape index (κ1) is 16.5. The molecule has 1 aliphatic heterocycles. The Hall–Kier alpha value is -2.95. The Kier molecular flexibility index (Phi) is 4.52. The average molecular weight is 347 g/mol. The Labute approximate surface area is 152 Å². The number of aromatic nitrogens is 2. The third-order valence-corrected chi connectivity index (χ3v) is 5.09.